The van der Waals surface area contributed by atoms with Crippen molar-refractivity contribution in [1.82, 2.24) is 15.1 Å². The molecule has 0 radical (unpaired) electrons. The van der Waals surface area contributed by atoms with E-state index in [4.69, 9.17) is 5.73 Å². The molecule has 5 nitrogen and oxygen atoms in total. The van der Waals surface area contributed by atoms with Gasteiger partial charge in [-0.25, -0.2) is 0 Å². The normalized spacial score (nSPS) is 14.4. The molecule has 1 aromatic rings. The highest BCUT2D eigenvalue weighted by Crippen LogP contribution is 2.21. The second-order valence-electron chi connectivity index (χ2n) is 4.65. The van der Waals surface area contributed by atoms with Crippen LogP contribution < -0.4 is 11.1 Å². The van der Waals surface area contributed by atoms with Gasteiger partial charge in [-0.1, -0.05) is 0 Å². The number of amides is 1. The van der Waals surface area contributed by atoms with E-state index in [0.717, 1.165) is 29.3 Å². The molecule has 1 amide bonds. The maximum absolute atomic E-state index is 11.3. The Morgan fingerprint density at radius 3 is 2.78 bits per heavy atom. The first-order valence-corrected chi connectivity index (χ1v) is 7.00. The van der Waals surface area contributed by atoms with Crippen molar-refractivity contribution in [3.8, 4) is 0 Å². The van der Waals surface area contributed by atoms with Crippen LogP contribution >= 0.6 is 11.8 Å². The van der Waals surface area contributed by atoms with Gasteiger partial charge in [0.15, 0.2) is 0 Å². The Kier molecular flexibility index (Phi) is 5.22. The van der Waals surface area contributed by atoms with Crippen molar-refractivity contribution in [2.45, 2.75) is 37.3 Å². The third kappa shape index (κ3) is 3.74. The van der Waals surface area contributed by atoms with E-state index in [-0.39, 0.29) is 5.91 Å². The number of carbonyl (C=O) groups excluding carboxylic acids is 1. The molecule has 0 spiro atoms. The average molecular weight is 270 g/mol. The molecule has 0 saturated heterocycles. The number of rotatable bonds is 7. The number of aromatic nitrogens is 2. The zero-order valence-corrected chi connectivity index (χ0v) is 12.3. The third-order valence-corrected chi connectivity index (χ3v) is 4.30. The van der Waals surface area contributed by atoms with Gasteiger partial charge in [0, 0.05) is 7.05 Å². The van der Waals surface area contributed by atoms with Crippen LogP contribution in [0.2, 0.25) is 0 Å². The Balaban J connectivity index is 2.39. The summed E-state index contributed by atoms with van der Waals surface area (Å²) in [5, 5.41) is 8.43. The molecule has 1 atom stereocenters. The molecule has 0 aromatic carbocycles. The fraction of sp³-hybridized carbons (Fsp3) is 0.667. The average Bonchev–Trinajstić information content (AvgIpc) is 2.63. The highest BCUT2D eigenvalue weighted by molar-refractivity contribution is 7.99. The minimum Gasteiger partial charge on any atom is -0.368 e. The molecule has 6 heteroatoms. The van der Waals surface area contributed by atoms with Gasteiger partial charge in [0.2, 0.25) is 5.91 Å². The number of nitrogens with two attached hydrogens (primary N) is 1. The molecule has 0 bridgehead atoms. The highest BCUT2D eigenvalue weighted by Gasteiger charge is 2.27. The van der Waals surface area contributed by atoms with Crippen molar-refractivity contribution in [2.75, 3.05) is 12.8 Å². The van der Waals surface area contributed by atoms with Gasteiger partial charge in [-0.2, -0.15) is 5.10 Å². The van der Waals surface area contributed by atoms with Gasteiger partial charge in [-0.15, -0.1) is 11.8 Å². The standard InChI is InChI=1S/C12H22N4OS/c1-9-8-10(16(4)15-9)18-7-5-6-12(2,14-3)11(13)17/h8,14H,5-7H2,1-4H3,(H2,13,17). The zero-order chi connectivity index (χ0) is 13.8. The Morgan fingerprint density at radius 1 is 1.67 bits per heavy atom. The largest absolute Gasteiger partial charge is 0.368 e. The van der Waals surface area contributed by atoms with E-state index >= 15 is 0 Å². The van der Waals surface area contributed by atoms with Gasteiger partial charge in [0.05, 0.1) is 16.3 Å². The fourth-order valence-electron chi connectivity index (χ4n) is 1.70. The predicted molar refractivity (Wildman–Crippen MR) is 74.6 cm³/mol. The summed E-state index contributed by atoms with van der Waals surface area (Å²) in [6, 6.07) is 2.07. The second kappa shape index (κ2) is 6.24. The van der Waals surface area contributed by atoms with Crippen LogP contribution in [0.4, 0.5) is 0 Å². The quantitative estimate of drug-likeness (QED) is 0.574. The summed E-state index contributed by atoms with van der Waals surface area (Å²) in [6.07, 6.45) is 1.66. The zero-order valence-electron chi connectivity index (χ0n) is 11.5. The lowest BCUT2D eigenvalue weighted by Gasteiger charge is -2.25. The van der Waals surface area contributed by atoms with Crippen molar-refractivity contribution < 1.29 is 4.79 Å². The van der Waals surface area contributed by atoms with E-state index in [9.17, 15) is 4.79 Å². The molecule has 0 fully saturated rings. The molecular formula is C12H22N4OS. The number of likely N-dealkylation sites (N-methyl/N-ethyl adjacent to an activating group) is 1. The fourth-order valence-corrected chi connectivity index (χ4v) is 2.68. The lowest BCUT2D eigenvalue weighted by Crippen LogP contribution is -2.51. The number of carbonyl (C=O) groups is 1. The van der Waals surface area contributed by atoms with E-state index in [1.54, 1.807) is 18.8 Å². The molecule has 0 aliphatic heterocycles. The van der Waals surface area contributed by atoms with Crippen LogP contribution in [0.1, 0.15) is 25.5 Å². The SMILES string of the molecule is CNC(C)(CCCSc1cc(C)nn1C)C(N)=O. The summed E-state index contributed by atoms with van der Waals surface area (Å²) in [6.45, 7) is 3.82. The molecule has 0 aliphatic rings. The van der Waals surface area contributed by atoms with Gasteiger partial charge in [-0.3, -0.25) is 9.48 Å². The van der Waals surface area contributed by atoms with Crippen molar-refractivity contribution in [3.05, 3.63) is 11.8 Å². The molecule has 18 heavy (non-hydrogen) atoms. The number of hydrogen-bond acceptors (Lipinski definition) is 4. The monoisotopic (exact) mass is 270 g/mol. The number of nitrogens with one attached hydrogen (secondary N) is 1. The number of hydrogen-bond donors (Lipinski definition) is 2. The lowest BCUT2D eigenvalue weighted by molar-refractivity contribution is -0.123. The van der Waals surface area contributed by atoms with E-state index < -0.39 is 5.54 Å². The van der Waals surface area contributed by atoms with Gasteiger partial charge in [0.25, 0.3) is 0 Å². The Labute approximate surface area is 112 Å². The van der Waals surface area contributed by atoms with E-state index in [1.807, 2.05) is 25.6 Å². The van der Waals surface area contributed by atoms with Crippen LogP contribution in [-0.4, -0.2) is 34.0 Å². The van der Waals surface area contributed by atoms with Gasteiger partial charge in [-0.05, 0) is 45.6 Å². The number of thioether (sulfide) groups is 1. The van der Waals surface area contributed by atoms with Gasteiger partial charge < -0.3 is 11.1 Å². The molecule has 1 unspecified atom stereocenters. The lowest BCUT2D eigenvalue weighted by atomic mass is 9.96. The first kappa shape index (κ1) is 15.0. The molecule has 1 rings (SSSR count). The van der Waals surface area contributed by atoms with Crippen LogP contribution in [0.3, 0.4) is 0 Å². The molecule has 3 N–H and O–H groups in total. The van der Waals surface area contributed by atoms with E-state index in [1.165, 1.54) is 0 Å². The van der Waals surface area contributed by atoms with Crippen LogP contribution in [0.25, 0.3) is 0 Å². The first-order chi connectivity index (χ1) is 8.39. The maximum atomic E-state index is 11.3. The smallest absolute Gasteiger partial charge is 0.237 e. The van der Waals surface area contributed by atoms with Crippen LogP contribution in [-0.2, 0) is 11.8 Å². The van der Waals surface area contributed by atoms with Crippen molar-refractivity contribution in [2.24, 2.45) is 12.8 Å². The van der Waals surface area contributed by atoms with E-state index in [0.29, 0.717) is 0 Å². The molecule has 1 heterocycles. The summed E-state index contributed by atoms with van der Waals surface area (Å²) in [5.74, 6) is 0.648. The molecule has 0 saturated carbocycles. The van der Waals surface area contributed by atoms with Crippen molar-refractivity contribution in [3.63, 3.8) is 0 Å². The summed E-state index contributed by atoms with van der Waals surface area (Å²) >= 11 is 1.75. The van der Waals surface area contributed by atoms with Crippen molar-refractivity contribution in [1.29, 1.82) is 0 Å². The summed E-state index contributed by atoms with van der Waals surface area (Å²) in [7, 11) is 3.71. The van der Waals surface area contributed by atoms with Gasteiger partial charge in [0.1, 0.15) is 0 Å². The van der Waals surface area contributed by atoms with Crippen LogP contribution in [0.15, 0.2) is 11.1 Å². The number of primary amides is 1. The van der Waals surface area contributed by atoms with Crippen molar-refractivity contribution >= 4 is 17.7 Å². The summed E-state index contributed by atoms with van der Waals surface area (Å²) in [4.78, 5) is 11.3. The Hall–Kier alpha value is -1.01. The second-order valence-corrected chi connectivity index (χ2v) is 5.76. The Bertz CT molecular complexity index is 418. The Morgan fingerprint density at radius 2 is 2.33 bits per heavy atom. The number of nitrogens with zero attached hydrogens (tertiary/aromatic N) is 2. The maximum Gasteiger partial charge on any atom is 0.237 e. The molecule has 0 aliphatic carbocycles. The third-order valence-electron chi connectivity index (χ3n) is 3.13. The minimum atomic E-state index is -0.608. The highest BCUT2D eigenvalue weighted by atomic mass is 32.2. The van der Waals surface area contributed by atoms with Crippen LogP contribution in [0.5, 0.6) is 0 Å². The van der Waals surface area contributed by atoms with Gasteiger partial charge >= 0.3 is 0 Å². The minimum absolute atomic E-state index is 0.300. The topological polar surface area (TPSA) is 72.9 Å². The molecule has 1 aromatic heterocycles. The first-order valence-electron chi connectivity index (χ1n) is 6.01. The van der Waals surface area contributed by atoms with E-state index in [2.05, 4.69) is 16.5 Å². The predicted octanol–water partition coefficient (Wildman–Crippen LogP) is 1.06. The van der Waals surface area contributed by atoms with Crippen LogP contribution in [0, 0.1) is 6.92 Å². The summed E-state index contributed by atoms with van der Waals surface area (Å²) in [5.41, 5.74) is 5.80. The molecular weight excluding hydrogens is 248 g/mol. The number of aryl methyl sites for hydroxylation is 2. The summed E-state index contributed by atoms with van der Waals surface area (Å²) < 4.78 is 1.88. The molecule has 102 valence electrons.